The van der Waals surface area contributed by atoms with Crippen LogP contribution in [0.1, 0.15) is 24.2 Å². The van der Waals surface area contributed by atoms with Gasteiger partial charge >= 0.3 is 0 Å². The van der Waals surface area contributed by atoms with Crippen molar-refractivity contribution in [2.75, 3.05) is 31.2 Å². The van der Waals surface area contributed by atoms with Crippen LogP contribution in [0.25, 0.3) is 11.5 Å². The van der Waals surface area contributed by atoms with Crippen molar-refractivity contribution in [3.05, 3.63) is 60.0 Å². The lowest BCUT2D eigenvalue weighted by molar-refractivity contribution is 0.0244. The van der Waals surface area contributed by atoms with E-state index in [-0.39, 0.29) is 12.7 Å². The molecule has 29 heavy (non-hydrogen) atoms. The molecule has 2 aromatic heterocycles. The Morgan fingerprint density at radius 1 is 1.10 bits per heavy atom. The Morgan fingerprint density at radius 2 is 2.00 bits per heavy atom. The van der Waals surface area contributed by atoms with Gasteiger partial charge in [-0.1, -0.05) is 35.5 Å². The van der Waals surface area contributed by atoms with E-state index in [2.05, 4.69) is 44.3 Å². The summed E-state index contributed by atoms with van der Waals surface area (Å²) in [6, 6.07) is 14.3. The summed E-state index contributed by atoms with van der Waals surface area (Å²) in [5, 5.41) is 13.2. The quantitative estimate of drug-likeness (QED) is 0.629. The molecule has 0 amide bonds. The van der Waals surface area contributed by atoms with Gasteiger partial charge in [0.25, 0.3) is 5.89 Å². The molecular formula is C22H26N4O3. The molecule has 1 atom stereocenters. The second-order valence-electron chi connectivity index (χ2n) is 7.21. The number of ether oxygens (including phenoxy) is 1. The van der Waals surface area contributed by atoms with Gasteiger partial charge in [0.1, 0.15) is 5.82 Å². The molecule has 1 N–H and O–H groups in total. The summed E-state index contributed by atoms with van der Waals surface area (Å²) in [5.74, 6) is 2.11. The molecule has 4 rings (SSSR count). The highest BCUT2D eigenvalue weighted by Crippen LogP contribution is 2.22. The van der Waals surface area contributed by atoms with Crippen molar-refractivity contribution in [1.82, 2.24) is 15.1 Å². The van der Waals surface area contributed by atoms with Crippen LogP contribution in [-0.2, 0) is 17.6 Å². The second kappa shape index (κ2) is 9.62. The Labute approximate surface area is 170 Å². The molecule has 1 saturated heterocycles. The van der Waals surface area contributed by atoms with Crippen LogP contribution in [0.2, 0.25) is 0 Å². The maximum absolute atomic E-state index is 9.11. The molecule has 0 radical (unpaired) electrons. The van der Waals surface area contributed by atoms with E-state index in [0.29, 0.717) is 18.9 Å². The summed E-state index contributed by atoms with van der Waals surface area (Å²) in [7, 11) is 0. The average molecular weight is 394 g/mol. The van der Waals surface area contributed by atoms with E-state index in [1.54, 1.807) is 6.20 Å². The van der Waals surface area contributed by atoms with E-state index in [1.165, 1.54) is 5.56 Å². The van der Waals surface area contributed by atoms with Crippen molar-refractivity contribution in [3.63, 3.8) is 0 Å². The molecule has 1 aliphatic heterocycles. The van der Waals surface area contributed by atoms with Crippen molar-refractivity contribution in [2.45, 2.75) is 31.8 Å². The molecule has 0 spiro atoms. The first-order valence-electron chi connectivity index (χ1n) is 10.1. The molecule has 0 saturated carbocycles. The molecule has 3 heterocycles. The molecule has 152 valence electrons. The molecule has 1 unspecified atom stereocenters. The zero-order valence-electron chi connectivity index (χ0n) is 16.4. The number of anilines is 1. The van der Waals surface area contributed by atoms with Gasteiger partial charge in [-0.25, -0.2) is 4.98 Å². The largest absolute Gasteiger partial charge is 0.396 e. The number of hydrogen-bond donors (Lipinski definition) is 1. The Kier molecular flexibility index (Phi) is 6.49. The van der Waals surface area contributed by atoms with Gasteiger partial charge in [-0.05, 0) is 37.0 Å². The van der Waals surface area contributed by atoms with Gasteiger partial charge in [0.15, 0.2) is 5.82 Å². The van der Waals surface area contributed by atoms with Crippen LogP contribution in [0.15, 0.2) is 53.2 Å². The van der Waals surface area contributed by atoms with Crippen LogP contribution in [0.4, 0.5) is 5.82 Å². The van der Waals surface area contributed by atoms with Crippen LogP contribution in [0, 0.1) is 0 Å². The summed E-state index contributed by atoms with van der Waals surface area (Å²) in [4.78, 5) is 11.3. The van der Waals surface area contributed by atoms with Gasteiger partial charge in [-0.3, -0.25) is 0 Å². The number of aliphatic hydroxyl groups excluding tert-OH is 1. The third-order valence-corrected chi connectivity index (χ3v) is 5.09. The van der Waals surface area contributed by atoms with E-state index in [9.17, 15) is 0 Å². The third-order valence-electron chi connectivity index (χ3n) is 5.09. The van der Waals surface area contributed by atoms with E-state index in [0.717, 1.165) is 49.6 Å². The smallest absolute Gasteiger partial charge is 0.259 e. The van der Waals surface area contributed by atoms with Crippen molar-refractivity contribution in [3.8, 4) is 11.5 Å². The number of rotatable bonds is 8. The SMILES string of the molecule is OCCC1CN(c2ccc(-c3nc(CCCc4ccccc4)no3)cn2)CCO1. The average Bonchev–Trinajstić information content (AvgIpc) is 3.24. The minimum atomic E-state index is 0.0459. The number of pyridine rings is 1. The summed E-state index contributed by atoms with van der Waals surface area (Å²) in [5.41, 5.74) is 2.14. The standard InChI is InChI=1S/C22H26N4O3/c27-13-11-19-16-26(12-14-28-19)21-10-9-18(15-23-21)22-24-20(25-29-22)8-4-7-17-5-2-1-3-6-17/h1-3,5-6,9-10,15,19,27H,4,7-8,11-14,16H2. The summed E-state index contributed by atoms with van der Waals surface area (Å²) in [6.45, 7) is 2.30. The Balaban J connectivity index is 1.33. The fourth-order valence-electron chi connectivity index (χ4n) is 3.51. The molecule has 0 aliphatic carbocycles. The van der Waals surface area contributed by atoms with Gasteiger partial charge in [-0.15, -0.1) is 0 Å². The summed E-state index contributed by atoms with van der Waals surface area (Å²) < 4.78 is 11.1. The fraction of sp³-hybridized carbons (Fsp3) is 0.409. The van der Waals surface area contributed by atoms with Gasteiger partial charge in [0.2, 0.25) is 0 Å². The fourth-order valence-corrected chi connectivity index (χ4v) is 3.51. The molecule has 1 aromatic carbocycles. The molecular weight excluding hydrogens is 368 g/mol. The number of hydrogen-bond acceptors (Lipinski definition) is 7. The molecule has 3 aromatic rings. The maximum atomic E-state index is 9.11. The van der Waals surface area contributed by atoms with Crippen molar-refractivity contribution < 1.29 is 14.4 Å². The van der Waals surface area contributed by atoms with Crippen LogP contribution >= 0.6 is 0 Å². The molecule has 1 fully saturated rings. The highest BCUT2D eigenvalue weighted by Gasteiger charge is 2.21. The first kappa shape index (κ1) is 19.5. The lowest BCUT2D eigenvalue weighted by Crippen LogP contribution is -2.43. The van der Waals surface area contributed by atoms with Crippen LogP contribution in [0.3, 0.4) is 0 Å². The zero-order chi connectivity index (χ0) is 19.9. The summed E-state index contributed by atoms with van der Waals surface area (Å²) in [6.07, 6.45) is 5.22. The van der Waals surface area contributed by atoms with Gasteiger partial charge in [-0.2, -0.15) is 4.98 Å². The number of nitrogens with zero attached hydrogens (tertiary/aromatic N) is 4. The Morgan fingerprint density at radius 3 is 2.79 bits per heavy atom. The maximum Gasteiger partial charge on any atom is 0.259 e. The van der Waals surface area contributed by atoms with Gasteiger partial charge < -0.3 is 19.3 Å². The van der Waals surface area contributed by atoms with Crippen LogP contribution < -0.4 is 4.90 Å². The number of aryl methyl sites for hydroxylation is 2. The number of aromatic nitrogens is 3. The summed E-state index contributed by atoms with van der Waals surface area (Å²) >= 11 is 0. The minimum Gasteiger partial charge on any atom is -0.396 e. The number of aliphatic hydroxyl groups is 1. The first-order valence-corrected chi connectivity index (χ1v) is 10.1. The Hall–Kier alpha value is -2.77. The molecule has 0 bridgehead atoms. The van der Waals surface area contributed by atoms with Crippen molar-refractivity contribution in [1.29, 1.82) is 0 Å². The molecule has 7 heteroatoms. The van der Waals surface area contributed by atoms with Crippen LogP contribution in [0.5, 0.6) is 0 Å². The van der Waals surface area contributed by atoms with E-state index < -0.39 is 0 Å². The topological polar surface area (TPSA) is 84.5 Å². The minimum absolute atomic E-state index is 0.0459. The predicted octanol–water partition coefficient (Wildman–Crippen LogP) is 2.89. The van der Waals surface area contributed by atoms with E-state index >= 15 is 0 Å². The zero-order valence-corrected chi connectivity index (χ0v) is 16.4. The first-order chi connectivity index (χ1) is 14.3. The van der Waals surface area contributed by atoms with Crippen molar-refractivity contribution >= 4 is 5.82 Å². The van der Waals surface area contributed by atoms with Gasteiger partial charge in [0, 0.05) is 32.3 Å². The highest BCUT2D eigenvalue weighted by atomic mass is 16.5. The third kappa shape index (κ3) is 5.19. The van der Waals surface area contributed by atoms with Gasteiger partial charge in [0.05, 0.1) is 18.3 Å². The number of morpholine rings is 1. The Bertz CT molecular complexity index is 881. The normalized spacial score (nSPS) is 16.9. The second-order valence-corrected chi connectivity index (χ2v) is 7.21. The lowest BCUT2D eigenvalue weighted by Gasteiger charge is -2.33. The van der Waals surface area contributed by atoms with Crippen LogP contribution in [-0.4, -0.2) is 52.6 Å². The van der Waals surface area contributed by atoms with E-state index in [4.69, 9.17) is 14.4 Å². The van der Waals surface area contributed by atoms with Crippen molar-refractivity contribution in [2.24, 2.45) is 0 Å². The molecule has 1 aliphatic rings. The van der Waals surface area contributed by atoms with E-state index in [1.807, 2.05) is 18.2 Å². The molecule has 7 nitrogen and oxygen atoms in total. The number of benzene rings is 1. The highest BCUT2D eigenvalue weighted by molar-refractivity contribution is 5.54. The predicted molar refractivity (Wildman–Crippen MR) is 110 cm³/mol. The monoisotopic (exact) mass is 394 g/mol. The lowest BCUT2D eigenvalue weighted by atomic mass is 10.1.